The third kappa shape index (κ3) is 3.84. The van der Waals surface area contributed by atoms with E-state index in [0.29, 0.717) is 5.92 Å². The Morgan fingerprint density at radius 2 is 1.23 bits per heavy atom. The van der Waals surface area contributed by atoms with Gasteiger partial charge >= 0.3 is 0 Å². The van der Waals surface area contributed by atoms with Crippen LogP contribution >= 0.6 is 50.5 Å². The molecule has 0 unspecified atom stereocenters. The topological polar surface area (TPSA) is 0 Å². The van der Waals surface area contributed by atoms with E-state index in [-0.39, 0.29) is 5.41 Å². The first kappa shape index (κ1) is 18.2. The van der Waals surface area contributed by atoms with Gasteiger partial charge in [-0.1, -0.05) is 32.9 Å². The van der Waals surface area contributed by atoms with Gasteiger partial charge in [0.05, 0.1) is 0 Å². The van der Waals surface area contributed by atoms with Crippen LogP contribution in [0, 0.1) is 5.92 Å². The van der Waals surface area contributed by atoms with Crippen molar-refractivity contribution in [2.24, 2.45) is 5.92 Å². The average Bonchev–Trinajstić information content (AvgIpc) is 2.36. The monoisotopic (exact) mass is 366 g/mol. The van der Waals surface area contributed by atoms with Crippen LogP contribution < -0.4 is 0 Å². The molecule has 0 atom stereocenters. The molecule has 0 fully saturated rings. The summed E-state index contributed by atoms with van der Waals surface area (Å²) >= 11 is 18.2. The Kier molecular flexibility index (Phi) is 5.92. The minimum Gasteiger partial charge on any atom is -0.143 e. The number of benzene rings is 2. The maximum absolute atomic E-state index is 4.70. The van der Waals surface area contributed by atoms with Gasteiger partial charge < -0.3 is 0 Å². The fourth-order valence-electron chi connectivity index (χ4n) is 3.15. The summed E-state index contributed by atoms with van der Waals surface area (Å²) < 4.78 is 0. The van der Waals surface area contributed by atoms with Crippen LogP contribution in [0.2, 0.25) is 0 Å². The molecule has 2 aromatic carbocycles. The van der Waals surface area contributed by atoms with E-state index in [1.807, 2.05) is 24.3 Å². The Hall–Kier alpha value is -0.160. The lowest BCUT2D eigenvalue weighted by atomic mass is 9.71. The van der Waals surface area contributed by atoms with Crippen molar-refractivity contribution < 1.29 is 0 Å². The molecule has 0 aromatic heterocycles. The highest BCUT2D eigenvalue weighted by Crippen LogP contribution is 2.43. The SMILES string of the molecule is CC(C)CC(C)(c1ccc(S)cc1S)c1ccc(S)cc1S. The highest BCUT2D eigenvalue weighted by molar-refractivity contribution is 7.81. The van der Waals surface area contributed by atoms with Crippen LogP contribution in [0.4, 0.5) is 0 Å². The molecule has 2 rings (SSSR count). The quantitative estimate of drug-likeness (QED) is 0.455. The van der Waals surface area contributed by atoms with Crippen LogP contribution in [0.15, 0.2) is 56.0 Å². The second kappa shape index (κ2) is 7.16. The number of hydrogen-bond acceptors (Lipinski definition) is 4. The van der Waals surface area contributed by atoms with Crippen molar-refractivity contribution in [3.63, 3.8) is 0 Å². The summed E-state index contributed by atoms with van der Waals surface area (Å²) in [7, 11) is 0. The van der Waals surface area contributed by atoms with Crippen LogP contribution in [0.5, 0.6) is 0 Å². The van der Waals surface area contributed by atoms with Crippen molar-refractivity contribution in [3.05, 3.63) is 47.5 Å². The number of hydrogen-bond donors (Lipinski definition) is 4. The molecular formula is C18H22S4. The lowest BCUT2D eigenvalue weighted by Crippen LogP contribution is -2.27. The summed E-state index contributed by atoms with van der Waals surface area (Å²) in [5.41, 5.74) is 2.28. The molecule has 0 amide bonds. The van der Waals surface area contributed by atoms with E-state index < -0.39 is 0 Å². The molecule has 2 aromatic rings. The summed E-state index contributed by atoms with van der Waals surface area (Å²) in [6.45, 7) is 6.76. The molecule has 0 N–H and O–H groups in total. The smallest absolute Gasteiger partial charge is 0.0199 e. The lowest BCUT2D eigenvalue weighted by molar-refractivity contribution is 0.417. The van der Waals surface area contributed by atoms with Crippen molar-refractivity contribution in [2.45, 2.75) is 52.2 Å². The van der Waals surface area contributed by atoms with Crippen molar-refractivity contribution in [1.29, 1.82) is 0 Å². The molecule has 0 nitrogen and oxygen atoms in total. The zero-order valence-electron chi connectivity index (χ0n) is 13.0. The molecule has 4 heteroatoms. The maximum Gasteiger partial charge on any atom is 0.0199 e. The van der Waals surface area contributed by atoms with Crippen molar-refractivity contribution in [1.82, 2.24) is 0 Å². The standard InChI is InChI=1S/C18H22S4/c1-11(2)10-18(3,14-6-4-12(19)8-16(14)21)15-7-5-13(20)9-17(15)22/h4-9,11,19-22H,10H2,1-3H3. The van der Waals surface area contributed by atoms with Crippen LogP contribution in [0.3, 0.4) is 0 Å². The van der Waals surface area contributed by atoms with Gasteiger partial charge in [-0.3, -0.25) is 0 Å². The van der Waals surface area contributed by atoms with Crippen LogP contribution in [0.25, 0.3) is 0 Å². The molecule has 0 heterocycles. The van der Waals surface area contributed by atoms with Gasteiger partial charge in [-0.2, -0.15) is 0 Å². The highest BCUT2D eigenvalue weighted by Gasteiger charge is 2.33. The first-order valence-electron chi connectivity index (χ1n) is 7.29. The van der Waals surface area contributed by atoms with Gasteiger partial charge in [0, 0.05) is 25.0 Å². The van der Waals surface area contributed by atoms with Crippen molar-refractivity contribution in [3.8, 4) is 0 Å². The van der Waals surface area contributed by atoms with E-state index >= 15 is 0 Å². The van der Waals surface area contributed by atoms with E-state index in [2.05, 4.69) is 58.2 Å². The van der Waals surface area contributed by atoms with Crippen LogP contribution in [-0.2, 0) is 5.41 Å². The predicted octanol–water partition coefficient (Wildman–Crippen LogP) is 6.19. The van der Waals surface area contributed by atoms with Crippen LogP contribution in [0.1, 0.15) is 38.3 Å². The zero-order valence-corrected chi connectivity index (χ0v) is 16.6. The van der Waals surface area contributed by atoms with E-state index in [1.165, 1.54) is 11.1 Å². The third-order valence-corrected chi connectivity index (χ3v) is 5.26. The summed E-state index contributed by atoms with van der Waals surface area (Å²) in [5.74, 6) is 0.553. The summed E-state index contributed by atoms with van der Waals surface area (Å²) in [4.78, 5) is 3.80. The van der Waals surface area contributed by atoms with Gasteiger partial charge in [0.1, 0.15) is 0 Å². The molecule has 0 bridgehead atoms. The molecule has 0 radical (unpaired) electrons. The second-order valence-corrected chi connectivity index (χ2v) is 8.33. The molecule has 118 valence electrons. The summed E-state index contributed by atoms with van der Waals surface area (Å²) in [6.07, 6.45) is 1.02. The van der Waals surface area contributed by atoms with Crippen LogP contribution in [-0.4, -0.2) is 0 Å². The molecule has 0 saturated heterocycles. The molecule has 0 spiro atoms. The normalized spacial score (nSPS) is 12.0. The fraction of sp³-hybridized carbons (Fsp3) is 0.333. The Bertz CT molecular complexity index is 625. The summed E-state index contributed by atoms with van der Waals surface area (Å²) in [5, 5.41) is 0. The minimum absolute atomic E-state index is 0.148. The van der Waals surface area contributed by atoms with Gasteiger partial charge in [0.15, 0.2) is 0 Å². The molecular weight excluding hydrogens is 344 g/mol. The van der Waals surface area contributed by atoms with Gasteiger partial charge in [0.2, 0.25) is 0 Å². The molecule has 22 heavy (non-hydrogen) atoms. The van der Waals surface area contributed by atoms with Gasteiger partial charge in [-0.25, -0.2) is 0 Å². The highest BCUT2D eigenvalue weighted by atomic mass is 32.1. The number of rotatable bonds is 4. The zero-order chi connectivity index (χ0) is 16.5. The average molecular weight is 367 g/mol. The van der Waals surface area contributed by atoms with Gasteiger partial charge in [-0.15, -0.1) is 50.5 Å². The largest absolute Gasteiger partial charge is 0.143 e. The third-order valence-electron chi connectivity index (χ3n) is 3.97. The number of thiol groups is 4. The van der Waals surface area contributed by atoms with E-state index in [1.54, 1.807) is 0 Å². The molecule has 0 saturated carbocycles. The minimum atomic E-state index is -0.148. The van der Waals surface area contributed by atoms with Gasteiger partial charge in [0.25, 0.3) is 0 Å². The Labute approximate surface area is 155 Å². The Morgan fingerprint density at radius 1 is 0.818 bits per heavy atom. The van der Waals surface area contributed by atoms with E-state index in [4.69, 9.17) is 25.3 Å². The fourth-order valence-corrected chi connectivity index (χ4v) is 4.69. The Balaban J connectivity index is 2.66. The first-order chi connectivity index (χ1) is 10.2. The van der Waals surface area contributed by atoms with E-state index in [9.17, 15) is 0 Å². The lowest BCUT2D eigenvalue weighted by Gasteiger charge is -2.35. The van der Waals surface area contributed by atoms with E-state index in [0.717, 1.165) is 26.0 Å². The predicted molar refractivity (Wildman–Crippen MR) is 108 cm³/mol. The van der Waals surface area contributed by atoms with Crippen molar-refractivity contribution in [2.75, 3.05) is 0 Å². The summed E-state index contributed by atoms with van der Waals surface area (Å²) in [6, 6.07) is 12.3. The van der Waals surface area contributed by atoms with Crippen molar-refractivity contribution >= 4 is 50.5 Å². The first-order valence-corrected chi connectivity index (χ1v) is 9.08. The molecule has 0 aliphatic rings. The maximum atomic E-state index is 4.70. The second-order valence-electron chi connectivity index (χ2n) is 6.33. The molecule has 0 aliphatic carbocycles. The Morgan fingerprint density at radius 3 is 1.55 bits per heavy atom. The van der Waals surface area contributed by atoms with Gasteiger partial charge in [-0.05, 0) is 47.7 Å². The molecule has 0 aliphatic heterocycles.